The van der Waals surface area contributed by atoms with Crippen molar-refractivity contribution >= 4 is 11.7 Å². The van der Waals surface area contributed by atoms with Crippen LogP contribution in [0.15, 0.2) is 48.7 Å². The van der Waals surface area contributed by atoms with Gasteiger partial charge in [-0.1, -0.05) is 30.3 Å². The molecule has 5 heteroatoms. The number of benzene rings is 1. The molecule has 4 rings (SSSR count). The Bertz CT molecular complexity index is 705. The molecule has 5 nitrogen and oxygen atoms in total. The molecule has 2 aromatic rings. The van der Waals surface area contributed by atoms with Crippen molar-refractivity contribution in [3.63, 3.8) is 0 Å². The minimum absolute atomic E-state index is 0.0580. The maximum atomic E-state index is 12.6. The van der Waals surface area contributed by atoms with E-state index in [1.165, 1.54) is 5.56 Å². The molecule has 1 aliphatic heterocycles. The van der Waals surface area contributed by atoms with Crippen molar-refractivity contribution in [3.05, 3.63) is 59.8 Å². The number of ether oxygens (including phenoxy) is 1. The fraction of sp³-hybridized carbons (Fsp3) is 0.368. The van der Waals surface area contributed by atoms with E-state index in [4.69, 9.17) is 4.74 Å². The molecule has 0 spiro atoms. The molecule has 0 unspecified atom stereocenters. The molecule has 0 radical (unpaired) electrons. The number of hydrogen-bond acceptors (Lipinski definition) is 4. The molecule has 2 heterocycles. The van der Waals surface area contributed by atoms with Gasteiger partial charge in [-0.3, -0.25) is 4.79 Å². The summed E-state index contributed by atoms with van der Waals surface area (Å²) < 4.78 is 5.35. The van der Waals surface area contributed by atoms with Crippen LogP contribution in [-0.4, -0.2) is 37.2 Å². The number of carbonyl (C=O) groups excluding carboxylic acids is 1. The summed E-state index contributed by atoms with van der Waals surface area (Å²) in [6.45, 7) is 3.14. The monoisotopic (exact) mass is 323 g/mol. The van der Waals surface area contributed by atoms with Crippen molar-refractivity contribution in [2.75, 3.05) is 31.2 Å². The maximum Gasteiger partial charge on any atom is 0.253 e. The lowest BCUT2D eigenvalue weighted by Crippen LogP contribution is -2.37. The highest BCUT2D eigenvalue weighted by molar-refractivity contribution is 5.95. The SMILES string of the molecule is O=C(NC1(c2ccccc2)CC1)c1ccc(N2CCOCC2)nc1. The average molecular weight is 323 g/mol. The summed E-state index contributed by atoms with van der Waals surface area (Å²) in [5, 5.41) is 3.19. The third-order valence-electron chi connectivity index (χ3n) is 4.77. The van der Waals surface area contributed by atoms with Gasteiger partial charge in [0.1, 0.15) is 5.82 Å². The molecule has 2 aliphatic rings. The van der Waals surface area contributed by atoms with Gasteiger partial charge in [0, 0.05) is 19.3 Å². The normalized spacial score (nSPS) is 18.9. The summed E-state index contributed by atoms with van der Waals surface area (Å²) >= 11 is 0. The Morgan fingerprint density at radius 1 is 1.08 bits per heavy atom. The molecule has 2 fully saturated rings. The number of morpholine rings is 1. The van der Waals surface area contributed by atoms with Crippen LogP contribution >= 0.6 is 0 Å². The van der Waals surface area contributed by atoms with Gasteiger partial charge in [0.2, 0.25) is 0 Å². The smallest absolute Gasteiger partial charge is 0.253 e. The quantitative estimate of drug-likeness (QED) is 0.938. The zero-order valence-electron chi connectivity index (χ0n) is 13.6. The highest BCUT2D eigenvalue weighted by Crippen LogP contribution is 2.45. The molecule has 1 saturated carbocycles. The number of anilines is 1. The molecular formula is C19H21N3O2. The van der Waals surface area contributed by atoms with Gasteiger partial charge in [0.15, 0.2) is 0 Å². The molecule has 1 aliphatic carbocycles. The second-order valence-corrected chi connectivity index (χ2v) is 6.41. The Labute approximate surface area is 141 Å². The second-order valence-electron chi connectivity index (χ2n) is 6.41. The first kappa shape index (κ1) is 15.1. The first-order valence-electron chi connectivity index (χ1n) is 8.44. The van der Waals surface area contributed by atoms with E-state index >= 15 is 0 Å². The van der Waals surface area contributed by atoms with Gasteiger partial charge in [-0.15, -0.1) is 0 Å². The van der Waals surface area contributed by atoms with Crippen molar-refractivity contribution in [2.24, 2.45) is 0 Å². The number of hydrogen-bond donors (Lipinski definition) is 1. The summed E-state index contributed by atoms with van der Waals surface area (Å²) in [6, 6.07) is 14.0. The molecule has 1 aromatic carbocycles. The summed E-state index contributed by atoms with van der Waals surface area (Å²) in [4.78, 5) is 19.2. The number of carbonyl (C=O) groups is 1. The number of aromatic nitrogens is 1. The topological polar surface area (TPSA) is 54.5 Å². The Morgan fingerprint density at radius 2 is 1.83 bits per heavy atom. The van der Waals surface area contributed by atoms with E-state index in [2.05, 4.69) is 27.3 Å². The Hall–Kier alpha value is -2.40. The largest absolute Gasteiger partial charge is 0.378 e. The third-order valence-corrected chi connectivity index (χ3v) is 4.77. The highest BCUT2D eigenvalue weighted by Gasteiger charge is 2.45. The van der Waals surface area contributed by atoms with Crippen molar-refractivity contribution in [3.8, 4) is 0 Å². The van der Waals surface area contributed by atoms with Gasteiger partial charge in [-0.25, -0.2) is 4.98 Å². The van der Waals surface area contributed by atoms with Gasteiger partial charge in [-0.05, 0) is 30.5 Å². The second kappa shape index (κ2) is 6.24. The van der Waals surface area contributed by atoms with E-state index in [0.717, 1.165) is 45.0 Å². The molecular weight excluding hydrogens is 302 g/mol. The van der Waals surface area contributed by atoms with Crippen LogP contribution in [0.4, 0.5) is 5.82 Å². The van der Waals surface area contributed by atoms with Crippen molar-refractivity contribution in [1.29, 1.82) is 0 Å². The Morgan fingerprint density at radius 3 is 2.46 bits per heavy atom. The van der Waals surface area contributed by atoms with E-state index in [9.17, 15) is 4.79 Å². The maximum absolute atomic E-state index is 12.6. The lowest BCUT2D eigenvalue weighted by atomic mass is 10.0. The lowest BCUT2D eigenvalue weighted by molar-refractivity contribution is 0.0930. The van der Waals surface area contributed by atoms with Gasteiger partial charge in [0.05, 0.1) is 24.3 Å². The summed E-state index contributed by atoms with van der Waals surface area (Å²) in [7, 11) is 0. The molecule has 0 bridgehead atoms. The fourth-order valence-corrected chi connectivity index (χ4v) is 3.16. The predicted molar refractivity (Wildman–Crippen MR) is 92.1 cm³/mol. The highest BCUT2D eigenvalue weighted by atomic mass is 16.5. The predicted octanol–water partition coefficient (Wildman–Crippen LogP) is 2.34. The van der Waals surface area contributed by atoms with Crippen LogP contribution in [0, 0.1) is 0 Å². The lowest BCUT2D eigenvalue weighted by Gasteiger charge is -2.27. The number of amides is 1. The van der Waals surface area contributed by atoms with E-state index < -0.39 is 0 Å². The van der Waals surface area contributed by atoms with Crippen molar-refractivity contribution in [2.45, 2.75) is 18.4 Å². The van der Waals surface area contributed by atoms with E-state index in [1.54, 1.807) is 6.20 Å². The van der Waals surface area contributed by atoms with Gasteiger partial charge >= 0.3 is 0 Å². The standard InChI is InChI=1S/C19H21N3O2/c23-18(21-19(8-9-19)16-4-2-1-3-5-16)15-6-7-17(20-14-15)22-10-12-24-13-11-22/h1-7,14H,8-13H2,(H,21,23). The molecule has 124 valence electrons. The van der Waals surface area contributed by atoms with Gasteiger partial charge < -0.3 is 15.0 Å². The Balaban J connectivity index is 1.45. The van der Waals surface area contributed by atoms with Crippen LogP contribution in [0.2, 0.25) is 0 Å². The number of nitrogens with one attached hydrogen (secondary N) is 1. The third kappa shape index (κ3) is 2.99. The molecule has 1 saturated heterocycles. The minimum atomic E-state index is -0.193. The minimum Gasteiger partial charge on any atom is -0.378 e. The van der Waals surface area contributed by atoms with E-state index in [-0.39, 0.29) is 11.4 Å². The number of nitrogens with zero attached hydrogens (tertiary/aromatic N) is 2. The van der Waals surface area contributed by atoms with E-state index in [0.29, 0.717) is 5.56 Å². The van der Waals surface area contributed by atoms with Crippen LogP contribution in [-0.2, 0) is 10.3 Å². The van der Waals surface area contributed by atoms with Crippen molar-refractivity contribution < 1.29 is 9.53 Å². The van der Waals surface area contributed by atoms with E-state index in [1.807, 2.05) is 30.3 Å². The number of rotatable bonds is 4. The van der Waals surface area contributed by atoms with Crippen LogP contribution < -0.4 is 10.2 Å². The molecule has 1 amide bonds. The molecule has 1 N–H and O–H groups in total. The summed E-state index contributed by atoms with van der Waals surface area (Å²) in [5.74, 6) is 0.844. The molecule has 1 aromatic heterocycles. The van der Waals surface area contributed by atoms with Gasteiger partial charge in [-0.2, -0.15) is 0 Å². The first-order chi connectivity index (χ1) is 11.8. The summed E-state index contributed by atoms with van der Waals surface area (Å²) in [6.07, 6.45) is 3.64. The van der Waals surface area contributed by atoms with Crippen LogP contribution in [0.3, 0.4) is 0 Å². The average Bonchev–Trinajstić information content (AvgIpc) is 3.44. The first-order valence-corrected chi connectivity index (χ1v) is 8.44. The zero-order chi connectivity index (χ0) is 16.4. The zero-order valence-corrected chi connectivity index (χ0v) is 13.6. The van der Waals surface area contributed by atoms with Gasteiger partial charge in [0.25, 0.3) is 5.91 Å². The summed E-state index contributed by atoms with van der Waals surface area (Å²) in [5.41, 5.74) is 1.59. The molecule has 24 heavy (non-hydrogen) atoms. The Kier molecular flexibility index (Phi) is 3.94. The van der Waals surface area contributed by atoms with Crippen LogP contribution in [0.25, 0.3) is 0 Å². The van der Waals surface area contributed by atoms with Crippen LogP contribution in [0.1, 0.15) is 28.8 Å². The van der Waals surface area contributed by atoms with Crippen LogP contribution in [0.5, 0.6) is 0 Å². The fourth-order valence-electron chi connectivity index (χ4n) is 3.16. The molecule has 0 atom stereocenters. The van der Waals surface area contributed by atoms with Crippen molar-refractivity contribution in [1.82, 2.24) is 10.3 Å². The number of pyridine rings is 1.